The Morgan fingerprint density at radius 1 is 0.870 bits per heavy atom. The first-order chi connectivity index (χ1) is 11.1. The molecular weight excluding hydrogens is 290 g/mol. The molecule has 4 N–H and O–H groups in total. The average molecular weight is 311 g/mol. The van der Waals surface area contributed by atoms with Crippen molar-refractivity contribution in [3.63, 3.8) is 0 Å². The highest BCUT2D eigenvalue weighted by Crippen LogP contribution is 2.33. The Morgan fingerprint density at radius 3 is 2.30 bits per heavy atom. The van der Waals surface area contributed by atoms with Crippen LogP contribution in [0.15, 0.2) is 30.3 Å². The lowest BCUT2D eigenvalue weighted by atomic mass is 9.93. The number of anilines is 1. The van der Waals surface area contributed by atoms with Crippen LogP contribution < -0.4 is 11.5 Å². The second-order valence-corrected chi connectivity index (χ2v) is 5.90. The molecule has 0 atom stereocenters. The zero-order valence-electron chi connectivity index (χ0n) is 13.0. The van der Waals surface area contributed by atoms with E-state index >= 15 is 0 Å². The summed E-state index contributed by atoms with van der Waals surface area (Å²) in [6, 6.07) is 8.87. The summed E-state index contributed by atoms with van der Waals surface area (Å²) in [4.78, 5) is 26.7. The first kappa shape index (κ1) is 15.5. The smallest absolute Gasteiger partial charge is 0.261 e. The number of benzene rings is 2. The number of nitrogens with zero attached hydrogens (tertiary/aromatic N) is 1. The zero-order valence-corrected chi connectivity index (χ0v) is 13.0. The van der Waals surface area contributed by atoms with Crippen molar-refractivity contribution in [1.82, 2.24) is 4.90 Å². The van der Waals surface area contributed by atoms with Gasteiger partial charge >= 0.3 is 0 Å². The van der Waals surface area contributed by atoms with Crippen molar-refractivity contribution in [3.8, 4) is 0 Å². The lowest BCUT2D eigenvalue weighted by molar-refractivity contribution is 0.0608. The molecule has 0 fully saturated rings. The van der Waals surface area contributed by atoms with Gasteiger partial charge in [0.15, 0.2) is 0 Å². The lowest BCUT2D eigenvalue weighted by Crippen LogP contribution is -2.40. The topological polar surface area (TPSA) is 89.4 Å². The predicted molar refractivity (Wildman–Crippen MR) is 91.2 cm³/mol. The minimum atomic E-state index is -0.225. The molecule has 3 rings (SSSR count). The second kappa shape index (κ2) is 6.38. The maximum atomic E-state index is 12.7. The van der Waals surface area contributed by atoms with Gasteiger partial charge in [0.2, 0.25) is 0 Å². The van der Waals surface area contributed by atoms with Crippen LogP contribution in [0, 0.1) is 0 Å². The summed E-state index contributed by atoms with van der Waals surface area (Å²) in [6.07, 6.45) is 3.77. The number of nitrogens with two attached hydrogens (primary N) is 2. The number of carbonyl (C=O) groups excluding carboxylic acids is 2. The van der Waals surface area contributed by atoms with E-state index in [1.807, 2.05) is 12.1 Å². The third kappa shape index (κ3) is 2.68. The van der Waals surface area contributed by atoms with Crippen LogP contribution in [0.2, 0.25) is 0 Å². The van der Waals surface area contributed by atoms with Gasteiger partial charge in [-0.1, -0.05) is 25.0 Å². The molecule has 0 spiro atoms. The molecule has 0 bridgehead atoms. The highest BCUT2D eigenvalue weighted by atomic mass is 16.2. The summed E-state index contributed by atoms with van der Waals surface area (Å²) in [7, 11) is 0. The van der Waals surface area contributed by atoms with Crippen molar-refractivity contribution in [2.75, 3.05) is 18.8 Å². The Hall–Kier alpha value is -2.40. The second-order valence-electron chi connectivity index (χ2n) is 5.90. The average Bonchev–Trinajstić information content (AvgIpc) is 2.56. The van der Waals surface area contributed by atoms with Gasteiger partial charge in [-0.15, -0.1) is 0 Å². The van der Waals surface area contributed by atoms with Crippen molar-refractivity contribution < 1.29 is 9.59 Å². The number of carbonyl (C=O) groups is 2. The van der Waals surface area contributed by atoms with Crippen LogP contribution in [0.1, 0.15) is 46.4 Å². The highest BCUT2D eigenvalue weighted by molar-refractivity contribution is 6.26. The molecule has 2 aromatic carbocycles. The van der Waals surface area contributed by atoms with Crippen LogP contribution in [-0.2, 0) is 0 Å². The molecule has 0 saturated carbocycles. The third-order valence-electron chi connectivity index (χ3n) is 4.36. The van der Waals surface area contributed by atoms with Gasteiger partial charge in [-0.3, -0.25) is 14.5 Å². The summed E-state index contributed by atoms with van der Waals surface area (Å²) >= 11 is 0. The van der Waals surface area contributed by atoms with Gasteiger partial charge in [0.25, 0.3) is 11.8 Å². The summed E-state index contributed by atoms with van der Waals surface area (Å²) in [5.41, 5.74) is 13.2. The van der Waals surface area contributed by atoms with Crippen LogP contribution in [0.25, 0.3) is 10.8 Å². The maximum Gasteiger partial charge on any atom is 0.261 e. The van der Waals surface area contributed by atoms with Crippen molar-refractivity contribution in [3.05, 3.63) is 41.5 Å². The number of unbranched alkanes of at least 4 members (excludes halogenated alkanes) is 3. The van der Waals surface area contributed by atoms with Crippen LogP contribution in [0.4, 0.5) is 5.69 Å². The van der Waals surface area contributed by atoms with E-state index in [1.54, 1.807) is 18.2 Å². The number of hydrogen-bond acceptors (Lipinski definition) is 4. The van der Waals surface area contributed by atoms with Gasteiger partial charge in [0.1, 0.15) is 0 Å². The first-order valence-corrected chi connectivity index (χ1v) is 8.02. The fourth-order valence-electron chi connectivity index (χ4n) is 3.14. The fraction of sp³-hybridized carbons (Fsp3) is 0.333. The number of nitrogen functional groups attached to an aromatic ring is 1. The van der Waals surface area contributed by atoms with Gasteiger partial charge < -0.3 is 11.5 Å². The molecule has 23 heavy (non-hydrogen) atoms. The molecule has 1 heterocycles. The van der Waals surface area contributed by atoms with Crippen LogP contribution in [0.3, 0.4) is 0 Å². The molecule has 2 amide bonds. The molecular formula is C18H21N3O2. The number of imide groups is 1. The molecule has 5 heteroatoms. The Bertz CT molecular complexity index is 748. The standard InChI is InChI=1S/C18H21N3O2/c19-10-3-1-2-4-11-21-17(22)13-7-5-6-12-15(20)9-8-14(16(12)13)18(21)23/h5-9H,1-4,10-11,19-20H2. The van der Waals surface area contributed by atoms with E-state index in [-0.39, 0.29) is 11.8 Å². The molecule has 0 aliphatic carbocycles. The molecule has 0 radical (unpaired) electrons. The van der Waals surface area contributed by atoms with E-state index in [0.717, 1.165) is 31.1 Å². The first-order valence-electron chi connectivity index (χ1n) is 8.02. The molecule has 0 unspecified atom stereocenters. The summed E-state index contributed by atoms with van der Waals surface area (Å²) in [6.45, 7) is 1.13. The van der Waals surface area contributed by atoms with E-state index in [2.05, 4.69) is 0 Å². The van der Waals surface area contributed by atoms with E-state index in [1.165, 1.54) is 4.90 Å². The van der Waals surface area contributed by atoms with Gasteiger partial charge in [-0.05, 0) is 37.6 Å². The van der Waals surface area contributed by atoms with Crippen molar-refractivity contribution in [1.29, 1.82) is 0 Å². The minimum absolute atomic E-state index is 0.225. The monoisotopic (exact) mass is 311 g/mol. The van der Waals surface area contributed by atoms with Crippen LogP contribution in [-0.4, -0.2) is 29.8 Å². The Kier molecular flexibility index (Phi) is 4.30. The molecule has 5 nitrogen and oxygen atoms in total. The largest absolute Gasteiger partial charge is 0.398 e. The molecule has 120 valence electrons. The molecule has 0 saturated heterocycles. The summed E-state index contributed by atoms with van der Waals surface area (Å²) in [5, 5.41) is 1.45. The van der Waals surface area contributed by atoms with E-state index in [4.69, 9.17) is 11.5 Å². The lowest BCUT2D eigenvalue weighted by Gasteiger charge is -2.27. The predicted octanol–water partition coefficient (Wildman–Crippen LogP) is 2.54. The minimum Gasteiger partial charge on any atom is -0.398 e. The van der Waals surface area contributed by atoms with Gasteiger partial charge in [-0.25, -0.2) is 0 Å². The quantitative estimate of drug-likeness (QED) is 0.487. The maximum absolute atomic E-state index is 12.7. The number of hydrogen-bond donors (Lipinski definition) is 2. The van der Waals surface area contributed by atoms with Crippen LogP contribution >= 0.6 is 0 Å². The highest BCUT2D eigenvalue weighted by Gasteiger charge is 2.32. The van der Waals surface area contributed by atoms with Gasteiger partial charge in [0.05, 0.1) is 0 Å². The van der Waals surface area contributed by atoms with Gasteiger partial charge in [0, 0.05) is 34.1 Å². The molecule has 1 aliphatic rings. The molecule has 2 aromatic rings. The van der Waals surface area contributed by atoms with E-state index in [0.29, 0.717) is 35.3 Å². The van der Waals surface area contributed by atoms with Crippen molar-refractivity contribution in [2.45, 2.75) is 25.7 Å². The summed E-state index contributed by atoms with van der Waals surface area (Å²) < 4.78 is 0. The number of rotatable bonds is 6. The third-order valence-corrected chi connectivity index (χ3v) is 4.36. The van der Waals surface area contributed by atoms with Crippen molar-refractivity contribution >= 4 is 28.3 Å². The molecule has 0 aromatic heterocycles. The number of amides is 2. The van der Waals surface area contributed by atoms with Crippen LogP contribution in [0.5, 0.6) is 0 Å². The molecule has 1 aliphatic heterocycles. The Labute approximate surface area is 135 Å². The summed E-state index contributed by atoms with van der Waals surface area (Å²) in [5.74, 6) is -0.449. The zero-order chi connectivity index (χ0) is 16.4. The van der Waals surface area contributed by atoms with E-state index < -0.39 is 0 Å². The Morgan fingerprint density at radius 2 is 1.57 bits per heavy atom. The fourth-order valence-corrected chi connectivity index (χ4v) is 3.14. The SMILES string of the molecule is NCCCCCCN1C(=O)c2cccc3c(N)ccc(c23)C1=O. The normalized spacial score (nSPS) is 13.9. The van der Waals surface area contributed by atoms with Gasteiger partial charge in [-0.2, -0.15) is 0 Å². The van der Waals surface area contributed by atoms with Crippen molar-refractivity contribution in [2.24, 2.45) is 5.73 Å². The van der Waals surface area contributed by atoms with E-state index in [9.17, 15) is 9.59 Å². The Balaban J connectivity index is 1.89.